The standard InChI is InChI=1S/C8H12O3S/c1-8(2,3)12-11-10-7-4-5-9-6-7/h4-6H,1-3H3. The quantitative estimate of drug-likeness (QED) is 0.414. The van der Waals surface area contributed by atoms with Gasteiger partial charge in [0.05, 0.1) is 18.3 Å². The van der Waals surface area contributed by atoms with E-state index in [2.05, 4.69) is 0 Å². The van der Waals surface area contributed by atoms with Gasteiger partial charge in [-0.1, -0.05) is 0 Å². The molecule has 0 saturated heterocycles. The van der Waals surface area contributed by atoms with Crippen molar-refractivity contribution in [3.63, 3.8) is 0 Å². The Morgan fingerprint density at radius 1 is 1.42 bits per heavy atom. The van der Waals surface area contributed by atoms with Crippen LogP contribution >= 0.6 is 12.0 Å². The molecular weight excluding hydrogens is 176 g/mol. The van der Waals surface area contributed by atoms with Crippen molar-refractivity contribution in [3.05, 3.63) is 18.6 Å². The summed E-state index contributed by atoms with van der Waals surface area (Å²) in [6, 6.07) is 1.68. The molecule has 1 aromatic rings. The molecule has 12 heavy (non-hydrogen) atoms. The van der Waals surface area contributed by atoms with E-state index in [-0.39, 0.29) is 4.75 Å². The van der Waals surface area contributed by atoms with Crippen LogP contribution in [-0.2, 0) is 4.33 Å². The van der Waals surface area contributed by atoms with Crippen molar-refractivity contribution in [1.29, 1.82) is 0 Å². The first-order chi connectivity index (χ1) is 5.58. The Labute approximate surface area is 76.2 Å². The van der Waals surface area contributed by atoms with Crippen LogP contribution in [0.25, 0.3) is 0 Å². The van der Waals surface area contributed by atoms with Crippen molar-refractivity contribution >= 4 is 12.0 Å². The first-order valence-electron chi connectivity index (χ1n) is 3.62. The fraction of sp³-hybridized carbons (Fsp3) is 0.500. The Morgan fingerprint density at radius 2 is 2.17 bits per heavy atom. The summed E-state index contributed by atoms with van der Waals surface area (Å²) in [5, 5.41) is 0. The van der Waals surface area contributed by atoms with Gasteiger partial charge in [-0.25, -0.2) is 0 Å². The van der Waals surface area contributed by atoms with Crippen LogP contribution in [0.2, 0.25) is 0 Å². The highest BCUT2D eigenvalue weighted by Gasteiger charge is 2.12. The van der Waals surface area contributed by atoms with E-state index in [1.165, 1.54) is 24.6 Å². The summed E-state index contributed by atoms with van der Waals surface area (Å²) in [7, 11) is 0. The summed E-state index contributed by atoms with van der Waals surface area (Å²) < 4.78 is 9.71. The van der Waals surface area contributed by atoms with Crippen molar-refractivity contribution in [2.45, 2.75) is 25.5 Å². The Hall–Kier alpha value is -0.610. The lowest BCUT2D eigenvalue weighted by atomic mass is 10.3. The van der Waals surface area contributed by atoms with Crippen LogP contribution in [0.5, 0.6) is 5.75 Å². The lowest BCUT2D eigenvalue weighted by molar-refractivity contribution is -0.0798. The first kappa shape index (κ1) is 9.48. The summed E-state index contributed by atoms with van der Waals surface area (Å²) in [4.78, 5) is 4.89. The van der Waals surface area contributed by atoms with Crippen LogP contribution in [0.4, 0.5) is 0 Å². The molecule has 0 fully saturated rings. The van der Waals surface area contributed by atoms with Crippen LogP contribution in [0.15, 0.2) is 23.0 Å². The molecule has 0 spiro atoms. The zero-order valence-corrected chi connectivity index (χ0v) is 8.18. The summed E-state index contributed by atoms with van der Waals surface area (Å²) in [6.45, 7) is 6.11. The van der Waals surface area contributed by atoms with E-state index in [4.69, 9.17) is 13.6 Å². The number of hydrogen-bond donors (Lipinski definition) is 0. The molecule has 0 aromatic carbocycles. The van der Waals surface area contributed by atoms with Gasteiger partial charge in [-0.15, -0.1) is 4.33 Å². The minimum atomic E-state index is 0.0315. The van der Waals surface area contributed by atoms with Gasteiger partial charge in [0.2, 0.25) is 5.75 Å². The van der Waals surface area contributed by atoms with Crippen LogP contribution in [-0.4, -0.2) is 4.75 Å². The molecule has 0 aliphatic carbocycles. The van der Waals surface area contributed by atoms with Gasteiger partial charge in [-0.3, -0.25) is 0 Å². The molecule has 1 heterocycles. The molecule has 1 rings (SSSR count). The molecule has 0 aliphatic rings. The monoisotopic (exact) mass is 188 g/mol. The van der Waals surface area contributed by atoms with Gasteiger partial charge in [0.15, 0.2) is 0 Å². The molecule has 0 amide bonds. The molecule has 0 atom stereocenters. The third kappa shape index (κ3) is 3.69. The topological polar surface area (TPSA) is 31.6 Å². The van der Waals surface area contributed by atoms with E-state index in [1.807, 2.05) is 20.8 Å². The second-order valence-corrected chi connectivity index (χ2v) is 4.83. The van der Waals surface area contributed by atoms with E-state index in [0.29, 0.717) is 5.75 Å². The summed E-state index contributed by atoms with van der Waals surface area (Å²) in [6.07, 6.45) is 3.00. The Balaban J connectivity index is 2.20. The van der Waals surface area contributed by atoms with Gasteiger partial charge in [-0.2, -0.15) is 0 Å². The summed E-state index contributed by atoms with van der Waals surface area (Å²) in [5.74, 6) is 0.576. The van der Waals surface area contributed by atoms with Crippen LogP contribution in [0, 0.1) is 0 Å². The SMILES string of the molecule is CC(C)(C)SOOc1ccoc1. The predicted molar refractivity (Wildman–Crippen MR) is 47.8 cm³/mol. The number of hydrogen-bond acceptors (Lipinski definition) is 4. The fourth-order valence-corrected chi connectivity index (χ4v) is 0.774. The van der Waals surface area contributed by atoms with Crippen LogP contribution < -0.4 is 4.89 Å². The minimum absolute atomic E-state index is 0.0315. The molecule has 0 N–H and O–H groups in total. The second kappa shape index (κ2) is 3.87. The third-order valence-electron chi connectivity index (χ3n) is 0.909. The van der Waals surface area contributed by atoms with Gasteiger partial charge < -0.3 is 9.30 Å². The average Bonchev–Trinajstić information content (AvgIpc) is 2.36. The maximum Gasteiger partial charge on any atom is 0.204 e. The Morgan fingerprint density at radius 3 is 2.67 bits per heavy atom. The number of furan rings is 1. The molecule has 4 heteroatoms. The van der Waals surface area contributed by atoms with Gasteiger partial charge in [0.1, 0.15) is 6.26 Å². The van der Waals surface area contributed by atoms with Crippen molar-refractivity contribution in [3.8, 4) is 5.75 Å². The molecule has 68 valence electrons. The fourth-order valence-electron chi connectivity index (χ4n) is 0.458. The molecule has 0 radical (unpaired) electrons. The van der Waals surface area contributed by atoms with Crippen molar-refractivity contribution in [2.75, 3.05) is 0 Å². The maximum absolute atomic E-state index is 4.90. The normalized spacial score (nSPS) is 11.6. The van der Waals surface area contributed by atoms with E-state index in [1.54, 1.807) is 6.07 Å². The highest BCUT2D eigenvalue weighted by atomic mass is 32.2. The molecule has 0 aliphatic heterocycles. The molecular formula is C8H12O3S. The molecule has 0 unspecified atom stereocenters. The zero-order chi connectivity index (χ0) is 9.03. The predicted octanol–water partition coefficient (Wildman–Crippen LogP) is 3.04. The van der Waals surface area contributed by atoms with Crippen LogP contribution in [0.3, 0.4) is 0 Å². The van der Waals surface area contributed by atoms with Gasteiger partial charge in [-0.05, 0) is 20.8 Å². The average molecular weight is 188 g/mol. The maximum atomic E-state index is 4.90. The zero-order valence-electron chi connectivity index (χ0n) is 7.37. The van der Waals surface area contributed by atoms with E-state index in [9.17, 15) is 0 Å². The highest BCUT2D eigenvalue weighted by Crippen LogP contribution is 2.25. The van der Waals surface area contributed by atoms with E-state index < -0.39 is 0 Å². The first-order valence-corrected chi connectivity index (χ1v) is 4.37. The second-order valence-electron chi connectivity index (χ2n) is 3.31. The molecule has 3 nitrogen and oxygen atoms in total. The Bertz CT molecular complexity index is 213. The van der Waals surface area contributed by atoms with E-state index >= 15 is 0 Å². The number of rotatable bonds is 3. The van der Waals surface area contributed by atoms with Gasteiger partial charge >= 0.3 is 0 Å². The smallest absolute Gasteiger partial charge is 0.204 e. The van der Waals surface area contributed by atoms with Gasteiger partial charge in [0, 0.05) is 10.8 Å². The van der Waals surface area contributed by atoms with Crippen molar-refractivity contribution < 1.29 is 13.6 Å². The minimum Gasteiger partial charge on any atom is -0.468 e. The summed E-state index contributed by atoms with van der Waals surface area (Å²) in [5.41, 5.74) is 0. The largest absolute Gasteiger partial charge is 0.468 e. The third-order valence-corrected chi connectivity index (χ3v) is 1.55. The lowest BCUT2D eigenvalue weighted by Crippen LogP contribution is -2.08. The highest BCUT2D eigenvalue weighted by molar-refractivity contribution is 7.95. The van der Waals surface area contributed by atoms with E-state index in [0.717, 1.165) is 0 Å². The van der Waals surface area contributed by atoms with Crippen molar-refractivity contribution in [1.82, 2.24) is 0 Å². The molecule has 0 saturated carbocycles. The molecule has 1 aromatic heterocycles. The summed E-state index contributed by atoms with van der Waals surface area (Å²) >= 11 is 1.27. The van der Waals surface area contributed by atoms with Crippen molar-refractivity contribution in [2.24, 2.45) is 0 Å². The van der Waals surface area contributed by atoms with Gasteiger partial charge in [0.25, 0.3) is 0 Å². The Kier molecular flexibility index (Phi) is 3.05. The van der Waals surface area contributed by atoms with Crippen LogP contribution in [0.1, 0.15) is 20.8 Å². The molecule has 0 bridgehead atoms. The lowest BCUT2D eigenvalue weighted by Gasteiger charge is -2.14.